The van der Waals surface area contributed by atoms with Gasteiger partial charge in [-0.2, -0.15) is 0 Å². The lowest BCUT2D eigenvalue weighted by Gasteiger charge is -2.42. The molecule has 0 amide bonds. The van der Waals surface area contributed by atoms with Crippen LogP contribution in [0, 0.1) is 17.0 Å². The number of aromatic nitrogens is 2. The van der Waals surface area contributed by atoms with Crippen LogP contribution in [0.5, 0.6) is 5.75 Å². The third kappa shape index (κ3) is 4.82. The zero-order valence-electron chi connectivity index (χ0n) is 18.1. The maximum absolute atomic E-state index is 14.2. The average Bonchev–Trinajstić information content (AvgIpc) is 2.81. The Morgan fingerprint density at radius 2 is 1.72 bits per heavy atom. The van der Waals surface area contributed by atoms with Gasteiger partial charge in [0.2, 0.25) is 0 Å². The number of piperidine rings is 1. The van der Waals surface area contributed by atoms with Gasteiger partial charge in [-0.15, -0.1) is 0 Å². The third-order valence-corrected chi connectivity index (χ3v) is 6.38. The van der Waals surface area contributed by atoms with Crippen LogP contribution in [0.3, 0.4) is 0 Å². The second-order valence-corrected chi connectivity index (χ2v) is 8.46. The summed E-state index contributed by atoms with van der Waals surface area (Å²) in [5, 5.41) is 0. The summed E-state index contributed by atoms with van der Waals surface area (Å²) in [6.07, 6.45) is 6.00. The Labute approximate surface area is 186 Å². The van der Waals surface area contributed by atoms with Crippen molar-refractivity contribution in [2.75, 3.05) is 24.6 Å². The molecule has 1 saturated heterocycles. The van der Waals surface area contributed by atoms with E-state index in [0.717, 1.165) is 12.8 Å². The highest BCUT2D eigenvalue weighted by Gasteiger charge is 2.36. The van der Waals surface area contributed by atoms with Crippen molar-refractivity contribution in [2.24, 2.45) is 12.5 Å². The predicted molar refractivity (Wildman–Crippen MR) is 120 cm³/mol. The molecular formula is C25H27F2N3O2. The first kappa shape index (κ1) is 22.0. The van der Waals surface area contributed by atoms with Gasteiger partial charge in [-0.05, 0) is 49.4 Å². The van der Waals surface area contributed by atoms with E-state index in [0.29, 0.717) is 43.9 Å². The summed E-state index contributed by atoms with van der Waals surface area (Å²) in [6, 6.07) is 13.1. The van der Waals surface area contributed by atoms with E-state index in [4.69, 9.17) is 4.74 Å². The molecule has 0 atom stereocenters. The number of anilines is 1. The van der Waals surface area contributed by atoms with Crippen LogP contribution in [0.25, 0.3) is 0 Å². The number of halogens is 2. The molecule has 1 fully saturated rings. The van der Waals surface area contributed by atoms with E-state index >= 15 is 0 Å². The van der Waals surface area contributed by atoms with Gasteiger partial charge in [-0.25, -0.2) is 13.8 Å². The maximum atomic E-state index is 14.2. The molecule has 0 bridgehead atoms. The molecule has 0 aliphatic carbocycles. The van der Waals surface area contributed by atoms with Gasteiger partial charge in [0.05, 0.1) is 6.61 Å². The van der Waals surface area contributed by atoms with E-state index in [1.807, 2.05) is 11.0 Å². The number of rotatable bonds is 7. The zero-order valence-corrected chi connectivity index (χ0v) is 18.1. The molecule has 0 spiro atoms. The molecule has 2 aromatic carbocycles. The van der Waals surface area contributed by atoms with Crippen molar-refractivity contribution in [2.45, 2.75) is 25.7 Å². The van der Waals surface area contributed by atoms with Crippen molar-refractivity contribution in [3.8, 4) is 5.75 Å². The van der Waals surface area contributed by atoms with Crippen molar-refractivity contribution >= 4 is 5.82 Å². The lowest BCUT2D eigenvalue weighted by atomic mass is 9.74. The Bertz CT molecular complexity index is 1070. The summed E-state index contributed by atoms with van der Waals surface area (Å²) in [5.74, 6) is 0.0461. The molecule has 0 unspecified atom stereocenters. The molecule has 3 aromatic rings. The molecule has 1 aliphatic rings. The second kappa shape index (κ2) is 9.51. The van der Waals surface area contributed by atoms with Gasteiger partial charge in [-0.3, -0.25) is 4.79 Å². The maximum Gasteiger partial charge on any atom is 0.293 e. The zero-order chi connectivity index (χ0) is 22.6. The highest BCUT2D eigenvalue weighted by Crippen LogP contribution is 2.38. The molecule has 0 radical (unpaired) electrons. The lowest BCUT2D eigenvalue weighted by molar-refractivity contribution is 0.0990. The summed E-state index contributed by atoms with van der Waals surface area (Å²) in [5.41, 5.74) is 0.272. The number of aryl methyl sites for hydroxylation is 2. The standard InChI is InChI=1S/C25H27F2N3O2/c1-29-17-14-28-23(24(29)31)30-15-12-25(13-16-30,11-10-19-6-2-3-7-20(19)26)18-32-22-9-5-4-8-21(22)27/h2-9,14,17H,10-13,15-16,18H2,1H3. The fraction of sp³-hybridized carbons (Fsp3) is 0.360. The highest BCUT2D eigenvalue weighted by molar-refractivity contribution is 5.36. The summed E-state index contributed by atoms with van der Waals surface area (Å²) >= 11 is 0. The van der Waals surface area contributed by atoms with E-state index in [-0.39, 0.29) is 22.5 Å². The van der Waals surface area contributed by atoms with Crippen molar-refractivity contribution in [1.29, 1.82) is 0 Å². The number of ether oxygens (including phenoxy) is 1. The van der Waals surface area contributed by atoms with Crippen LogP contribution < -0.4 is 15.2 Å². The fourth-order valence-electron chi connectivity index (χ4n) is 4.25. The van der Waals surface area contributed by atoms with Gasteiger partial charge < -0.3 is 14.2 Å². The normalized spacial score (nSPS) is 15.5. The van der Waals surface area contributed by atoms with Gasteiger partial charge >= 0.3 is 0 Å². The topological polar surface area (TPSA) is 47.4 Å². The van der Waals surface area contributed by atoms with Crippen LogP contribution in [-0.4, -0.2) is 29.2 Å². The van der Waals surface area contributed by atoms with Gasteiger partial charge in [-0.1, -0.05) is 30.3 Å². The molecule has 5 nitrogen and oxygen atoms in total. The van der Waals surface area contributed by atoms with Crippen molar-refractivity contribution < 1.29 is 13.5 Å². The van der Waals surface area contributed by atoms with E-state index in [1.165, 1.54) is 16.7 Å². The minimum Gasteiger partial charge on any atom is -0.490 e. The molecule has 0 saturated carbocycles. The lowest BCUT2D eigenvalue weighted by Crippen LogP contribution is -2.45. The molecule has 168 valence electrons. The van der Waals surface area contributed by atoms with Crippen molar-refractivity contribution in [1.82, 2.24) is 9.55 Å². The van der Waals surface area contributed by atoms with Crippen LogP contribution >= 0.6 is 0 Å². The first-order valence-corrected chi connectivity index (χ1v) is 10.8. The second-order valence-electron chi connectivity index (χ2n) is 8.46. The Kier molecular flexibility index (Phi) is 6.53. The monoisotopic (exact) mass is 439 g/mol. The smallest absolute Gasteiger partial charge is 0.293 e. The quantitative estimate of drug-likeness (QED) is 0.549. The summed E-state index contributed by atoms with van der Waals surface area (Å²) in [4.78, 5) is 18.8. The summed E-state index contributed by atoms with van der Waals surface area (Å²) in [6.45, 7) is 1.59. The molecule has 32 heavy (non-hydrogen) atoms. The average molecular weight is 440 g/mol. The first-order chi connectivity index (χ1) is 15.5. The largest absolute Gasteiger partial charge is 0.490 e. The van der Waals surface area contributed by atoms with E-state index in [2.05, 4.69) is 4.98 Å². The van der Waals surface area contributed by atoms with Crippen molar-refractivity contribution in [3.63, 3.8) is 0 Å². The minimum atomic E-state index is -0.397. The van der Waals surface area contributed by atoms with E-state index in [9.17, 15) is 13.6 Å². The number of benzene rings is 2. The summed E-state index contributed by atoms with van der Waals surface area (Å²) < 4.78 is 35.7. The molecule has 4 rings (SSSR count). The number of nitrogens with zero attached hydrogens (tertiary/aromatic N) is 3. The van der Waals surface area contributed by atoms with Gasteiger partial charge in [0.1, 0.15) is 5.82 Å². The SMILES string of the molecule is Cn1ccnc(N2CCC(CCc3ccccc3F)(COc3ccccc3F)CC2)c1=O. The molecule has 2 heterocycles. The Hall–Kier alpha value is -3.22. The third-order valence-electron chi connectivity index (χ3n) is 6.38. The van der Waals surface area contributed by atoms with Crippen LogP contribution in [0.2, 0.25) is 0 Å². The number of hydrogen-bond donors (Lipinski definition) is 0. The van der Waals surface area contributed by atoms with E-state index < -0.39 is 5.82 Å². The molecule has 1 aliphatic heterocycles. The highest BCUT2D eigenvalue weighted by atomic mass is 19.1. The van der Waals surface area contributed by atoms with Gasteiger partial charge in [0.25, 0.3) is 5.56 Å². The number of hydrogen-bond acceptors (Lipinski definition) is 4. The Morgan fingerprint density at radius 3 is 2.44 bits per heavy atom. The van der Waals surface area contributed by atoms with Crippen LogP contribution in [0.4, 0.5) is 14.6 Å². The van der Waals surface area contributed by atoms with Crippen LogP contribution in [-0.2, 0) is 13.5 Å². The Balaban J connectivity index is 1.51. The molecule has 1 aromatic heterocycles. The van der Waals surface area contributed by atoms with Crippen LogP contribution in [0.1, 0.15) is 24.8 Å². The minimum absolute atomic E-state index is 0.131. The molecule has 0 N–H and O–H groups in total. The van der Waals surface area contributed by atoms with Gasteiger partial charge in [0, 0.05) is 37.9 Å². The van der Waals surface area contributed by atoms with Crippen LogP contribution in [0.15, 0.2) is 65.7 Å². The predicted octanol–water partition coefficient (Wildman–Crippen LogP) is 4.36. The fourth-order valence-corrected chi connectivity index (χ4v) is 4.25. The van der Waals surface area contributed by atoms with Crippen molar-refractivity contribution in [3.05, 3.63) is 88.5 Å². The van der Waals surface area contributed by atoms with E-state index in [1.54, 1.807) is 49.8 Å². The molecular weight excluding hydrogens is 412 g/mol. The number of para-hydroxylation sites is 1. The van der Waals surface area contributed by atoms with Gasteiger partial charge in [0.15, 0.2) is 17.4 Å². The molecule has 7 heteroatoms. The Morgan fingerprint density at radius 1 is 1.03 bits per heavy atom. The first-order valence-electron chi connectivity index (χ1n) is 10.8. The summed E-state index contributed by atoms with van der Waals surface area (Å²) in [7, 11) is 1.71.